The molecule has 162 valence electrons. The number of nitrogens with zero attached hydrogens (tertiary/aromatic N) is 3. The van der Waals surface area contributed by atoms with Gasteiger partial charge in [-0.1, -0.05) is 11.8 Å². The number of non-ortho nitro benzene ring substituents is 1. The van der Waals surface area contributed by atoms with E-state index in [1.807, 2.05) is 6.07 Å². The van der Waals surface area contributed by atoms with E-state index in [4.69, 9.17) is 14.2 Å². The average molecular weight is 452 g/mol. The molecule has 4 rings (SSSR count). The van der Waals surface area contributed by atoms with Crippen LogP contribution in [0.25, 0.3) is 11.3 Å². The summed E-state index contributed by atoms with van der Waals surface area (Å²) >= 11 is 1.17. The smallest absolute Gasteiger partial charge is 0.270 e. The predicted octanol–water partition coefficient (Wildman–Crippen LogP) is 3.38. The van der Waals surface area contributed by atoms with Gasteiger partial charge in [0.05, 0.1) is 24.3 Å². The number of hydrogen-bond donors (Lipinski definition) is 1. The molecule has 0 fully saturated rings. The van der Waals surface area contributed by atoms with Crippen LogP contribution in [-0.4, -0.2) is 28.8 Å². The van der Waals surface area contributed by atoms with Crippen molar-refractivity contribution in [2.45, 2.75) is 17.5 Å². The zero-order chi connectivity index (χ0) is 22.7. The van der Waals surface area contributed by atoms with Gasteiger partial charge in [-0.05, 0) is 24.3 Å². The van der Waals surface area contributed by atoms with Gasteiger partial charge in [-0.15, -0.1) is 0 Å². The molecule has 2 heterocycles. The van der Waals surface area contributed by atoms with Crippen LogP contribution in [0.15, 0.2) is 46.3 Å². The summed E-state index contributed by atoms with van der Waals surface area (Å²) in [5.41, 5.74) is 1.25. The van der Waals surface area contributed by atoms with Crippen LogP contribution in [0.5, 0.6) is 11.5 Å². The van der Waals surface area contributed by atoms with Crippen molar-refractivity contribution in [3.63, 3.8) is 0 Å². The number of fused-ring (bicyclic) bond motifs is 1. The van der Waals surface area contributed by atoms with Gasteiger partial charge < -0.3 is 19.2 Å². The Morgan fingerprint density at radius 2 is 2.12 bits per heavy atom. The number of nitro benzene ring substituents is 1. The van der Waals surface area contributed by atoms with E-state index in [1.165, 1.54) is 23.9 Å². The van der Waals surface area contributed by atoms with Gasteiger partial charge in [-0.2, -0.15) is 5.26 Å². The van der Waals surface area contributed by atoms with E-state index in [1.54, 1.807) is 31.4 Å². The molecule has 0 atom stereocenters. The highest BCUT2D eigenvalue weighted by Gasteiger charge is 2.22. The number of aromatic amines is 1. The fourth-order valence-electron chi connectivity index (χ4n) is 3.22. The minimum absolute atomic E-state index is 0.0516. The summed E-state index contributed by atoms with van der Waals surface area (Å²) in [6.07, 6.45) is 0. The molecule has 0 saturated carbocycles. The first-order valence-corrected chi connectivity index (χ1v) is 10.3. The third-order valence-electron chi connectivity index (χ3n) is 4.72. The van der Waals surface area contributed by atoms with E-state index in [0.29, 0.717) is 28.2 Å². The molecule has 10 nitrogen and oxygen atoms in total. The third kappa shape index (κ3) is 4.27. The molecule has 0 amide bonds. The second-order valence-corrected chi connectivity index (χ2v) is 7.65. The summed E-state index contributed by atoms with van der Waals surface area (Å²) < 4.78 is 15.9. The van der Waals surface area contributed by atoms with E-state index in [2.05, 4.69) is 9.97 Å². The Kier molecular flexibility index (Phi) is 6.07. The summed E-state index contributed by atoms with van der Waals surface area (Å²) in [6.45, 7) is 0.262. The molecule has 32 heavy (non-hydrogen) atoms. The van der Waals surface area contributed by atoms with Crippen molar-refractivity contribution in [2.75, 3.05) is 13.9 Å². The normalized spacial score (nSPS) is 12.4. The van der Waals surface area contributed by atoms with Crippen LogP contribution >= 0.6 is 11.8 Å². The number of nitriles is 1. The van der Waals surface area contributed by atoms with Gasteiger partial charge in [0.25, 0.3) is 11.2 Å². The Hall–Kier alpha value is -3.88. The number of thioether (sulfide) groups is 1. The molecule has 0 bridgehead atoms. The number of hydrogen-bond acceptors (Lipinski definition) is 9. The molecule has 0 unspecified atom stereocenters. The minimum Gasteiger partial charge on any atom is -0.497 e. The highest BCUT2D eigenvalue weighted by molar-refractivity contribution is 7.98. The average Bonchev–Trinajstić information content (AvgIpc) is 2.82. The number of aromatic nitrogens is 2. The van der Waals surface area contributed by atoms with E-state index in [9.17, 15) is 20.2 Å². The van der Waals surface area contributed by atoms with Crippen LogP contribution in [-0.2, 0) is 17.1 Å². The molecular weight excluding hydrogens is 436 g/mol. The van der Waals surface area contributed by atoms with Crippen LogP contribution in [0.4, 0.5) is 5.69 Å². The Morgan fingerprint density at radius 3 is 2.81 bits per heavy atom. The molecular formula is C21H16N4O6S. The maximum atomic E-state index is 12.5. The number of benzene rings is 2. The summed E-state index contributed by atoms with van der Waals surface area (Å²) in [4.78, 5) is 30.4. The molecule has 11 heteroatoms. The maximum absolute atomic E-state index is 12.5. The SMILES string of the molecule is COc1ccc(-c2nc(SCc3cc([N+](=O)[O-])cc4c3OCOC4)[nH]c(=O)c2C#N)cc1. The van der Waals surface area contributed by atoms with Crippen molar-refractivity contribution >= 4 is 17.4 Å². The Balaban J connectivity index is 1.68. The van der Waals surface area contributed by atoms with Crippen LogP contribution < -0.4 is 15.0 Å². The van der Waals surface area contributed by atoms with Gasteiger partial charge in [0.15, 0.2) is 11.9 Å². The first-order valence-electron chi connectivity index (χ1n) is 9.32. The summed E-state index contributed by atoms with van der Waals surface area (Å²) in [7, 11) is 1.54. The molecule has 1 N–H and O–H groups in total. The van der Waals surface area contributed by atoms with Crippen LogP contribution in [0.1, 0.15) is 16.7 Å². The van der Waals surface area contributed by atoms with E-state index in [0.717, 1.165) is 0 Å². The third-order valence-corrected chi connectivity index (χ3v) is 5.64. The Bertz CT molecular complexity index is 1280. The molecule has 3 aromatic rings. The Labute approximate surface area is 185 Å². The number of nitro groups is 1. The van der Waals surface area contributed by atoms with E-state index < -0.39 is 10.5 Å². The fraction of sp³-hybridized carbons (Fsp3) is 0.190. The monoisotopic (exact) mass is 452 g/mol. The molecule has 0 radical (unpaired) electrons. The van der Waals surface area contributed by atoms with Crippen molar-refractivity contribution in [1.29, 1.82) is 5.26 Å². The van der Waals surface area contributed by atoms with Gasteiger partial charge in [0, 0.05) is 34.6 Å². The van der Waals surface area contributed by atoms with Crippen LogP contribution in [0.2, 0.25) is 0 Å². The molecule has 0 aliphatic carbocycles. The Morgan fingerprint density at radius 1 is 1.34 bits per heavy atom. The van der Waals surface area contributed by atoms with E-state index in [-0.39, 0.29) is 41.3 Å². The van der Waals surface area contributed by atoms with Crippen molar-refractivity contribution < 1.29 is 19.1 Å². The quantitative estimate of drug-likeness (QED) is 0.258. The minimum atomic E-state index is -0.568. The number of methoxy groups -OCH3 is 1. The number of H-pyrrole nitrogens is 1. The van der Waals surface area contributed by atoms with Gasteiger partial charge >= 0.3 is 0 Å². The maximum Gasteiger partial charge on any atom is 0.270 e. The summed E-state index contributed by atoms with van der Waals surface area (Å²) in [6, 6.07) is 11.6. The second-order valence-electron chi connectivity index (χ2n) is 6.68. The lowest BCUT2D eigenvalue weighted by Crippen LogP contribution is -2.15. The summed E-state index contributed by atoms with van der Waals surface area (Å²) in [5, 5.41) is 21.0. The van der Waals surface area contributed by atoms with Gasteiger partial charge in [0.2, 0.25) is 0 Å². The first-order chi connectivity index (χ1) is 15.5. The highest BCUT2D eigenvalue weighted by atomic mass is 32.2. The van der Waals surface area contributed by atoms with Crippen molar-refractivity contribution in [2.24, 2.45) is 0 Å². The molecule has 1 aliphatic rings. The van der Waals surface area contributed by atoms with E-state index >= 15 is 0 Å². The van der Waals surface area contributed by atoms with Crippen molar-refractivity contribution in [1.82, 2.24) is 9.97 Å². The molecule has 2 aromatic carbocycles. The number of ether oxygens (including phenoxy) is 3. The lowest BCUT2D eigenvalue weighted by Gasteiger charge is -2.20. The number of rotatable bonds is 6. The highest BCUT2D eigenvalue weighted by Crippen LogP contribution is 2.36. The zero-order valence-corrected chi connectivity index (χ0v) is 17.6. The zero-order valence-electron chi connectivity index (χ0n) is 16.8. The largest absolute Gasteiger partial charge is 0.497 e. The molecule has 0 spiro atoms. The lowest BCUT2D eigenvalue weighted by atomic mass is 10.1. The lowest BCUT2D eigenvalue weighted by molar-refractivity contribution is -0.385. The topological polar surface area (TPSA) is 140 Å². The molecule has 0 saturated heterocycles. The van der Waals surface area contributed by atoms with Crippen LogP contribution in [0, 0.1) is 21.4 Å². The van der Waals surface area contributed by atoms with Gasteiger partial charge in [0.1, 0.15) is 23.1 Å². The summed E-state index contributed by atoms with van der Waals surface area (Å²) in [5.74, 6) is 1.41. The second kappa shape index (κ2) is 9.09. The number of nitrogens with one attached hydrogen (secondary N) is 1. The van der Waals surface area contributed by atoms with Crippen LogP contribution in [0.3, 0.4) is 0 Å². The molecule has 1 aromatic heterocycles. The predicted molar refractivity (Wildman–Crippen MR) is 115 cm³/mol. The van der Waals surface area contributed by atoms with Gasteiger partial charge in [-0.25, -0.2) is 4.98 Å². The first kappa shape index (κ1) is 21.4. The van der Waals surface area contributed by atoms with Gasteiger partial charge in [-0.3, -0.25) is 14.9 Å². The molecule has 1 aliphatic heterocycles. The standard InChI is InChI=1S/C21H16N4O6S/c1-29-16-4-2-12(3-5-16)18-17(8-22)20(26)24-21(23-18)32-10-14-7-15(25(27)28)6-13-9-30-11-31-19(13)14/h2-7H,9-11H2,1H3,(H,23,24,26). The van der Waals surface area contributed by atoms with Crippen molar-refractivity contribution in [3.05, 3.63) is 73.6 Å². The fourth-order valence-corrected chi connectivity index (χ4v) is 4.05. The van der Waals surface area contributed by atoms with Crippen molar-refractivity contribution in [3.8, 4) is 28.8 Å².